The maximum Gasteiger partial charge on any atom is 0.202 e. The summed E-state index contributed by atoms with van der Waals surface area (Å²) >= 11 is 5.85. The summed E-state index contributed by atoms with van der Waals surface area (Å²) in [5, 5.41) is 0. The number of carbonyl (C=O) groups is 1. The number of rotatable bonds is 4. The van der Waals surface area contributed by atoms with Gasteiger partial charge in [0, 0.05) is 12.2 Å². The van der Waals surface area contributed by atoms with Crippen molar-refractivity contribution in [3.8, 4) is 0 Å². The van der Waals surface area contributed by atoms with Gasteiger partial charge in [0.2, 0.25) is 4.21 Å². The van der Waals surface area contributed by atoms with Crippen molar-refractivity contribution < 1.29 is 13.2 Å². The Morgan fingerprint density at radius 3 is 2.23 bits per heavy atom. The van der Waals surface area contributed by atoms with Crippen molar-refractivity contribution in [1.29, 1.82) is 0 Å². The number of hydrogen-bond donors (Lipinski definition) is 0. The molecule has 1 aliphatic carbocycles. The Kier molecular flexibility index (Phi) is 2.74. The van der Waals surface area contributed by atoms with Crippen molar-refractivity contribution in [3.63, 3.8) is 0 Å². The second-order valence-corrected chi connectivity index (χ2v) is 6.60. The SMILES string of the molecule is CC[C@@](Cl)(C(=O)C1CC1)S(C)(=O)=O. The third-order valence-corrected chi connectivity index (χ3v) is 5.32. The van der Waals surface area contributed by atoms with Crippen molar-refractivity contribution in [2.75, 3.05) is 6.26 Å². The first-order valence-corrected chi connectivity index (χ1v) is 6.52. The molecular formula is C8H13ClO3S. The Labute approximate surface area is 83.4 Å². The predicted molar refractivity (Wildman–Crippen MR) is 51.4 cm³/mol. The molecule has 1 saturated carbocycles. The first kappa shape index (κ1) is 11.0. The molecule has 0 saturated heterocycles. The fraction of sp³-hybridized carbons (Fsp3) is 0.875. The minimum absolute atomic E-state index is 0.118. The van der Waals surface area contributed by atoms with Gasteiger partial charge in [0.15, 0.2) is 15.6 Å². The third-order valence-electron chi connectivity index (χ3n) is 2.36. The third kappa shape index (κ3) is 1.89. The molecule has 1 aliphatic rings. The smallest absolute Gasteiger partial charge is 0.202 e. The average Bonchev–Trinajstić information content (AvgIpc) is 2.81. The van der Waals surface area contributed by atoms with E-state index in [0.717, 1.165) is 19.1 Å². The molecule has 5 heteroatoms. The molecule has 0 aromatic rings. The van der Waals surface area contributed by atoms with E-state index in [4.69, 9.17) is 11.6 Å². The van der Waals surface area contributed by atoms with E-state index in [2.05, 4.69) is 0 Å². The van der Waals surface area contributed by atoms with Crippen LogP contribution in [0.2, 0.25) is 0 Å². The molecule has 0 spiro atoms. The quantitative estimate of drug-likeness (QED) is 0.678. The van der Waals surface area contributed by atoms with Crippen LogP contribution in [0.25, 0.3) is 0 Å². The Hall–Kier alpha value is -0.0900. The molecule has 0 bridgehead atoms. The first-order valence-electron chi connectivity index (χ1n) is 4.25. The lowest BCUT2D eigenvalue weighted by Crippen LogP contribution is -2.40. The Morgan fingerprint density at radius 1 is 1.54 bits per heavy atom. The number of carbonyl (C=O) groups excluding carboxylic acids is 1. The molecule has 13 heavy (non-hydrogen) atoms. The molecule has 76 valence electrons. The molecule has 0 heterocycles. The summed E-state index contributed by atoms with van der Waals surface area (Å²) in [4.78, 5) is 11.6. The van der Waals surface area contributed by atoms with Crippen LogP contribution in [0.4, 0.5) is 0 Å². The van der Waals surface area contributed by atoms with Crippen LogP contribution in [0, 0.1) is 5.92 Å². The Balaban J connectivity index is 2.99. The maximum absolute atomic E-state index is 11.6. The van der Waals surface area contributed by atoms with Crippen LogP contribution >= 0.6 is 11.6 Å². The number of sulfone groups is 1. The highest BCUT2D eigenvalue weighted by Gasteiger charge is 2.50. The van der Waals surface area contributed by atoms with Gasteiger partial charge in [-0.3, -0.25) is 4.79 Å². The molecule has 1 rings (SSSR count). The van der Waals surface area contributed by atoms with E-state index in [-0.39, 0.29) is 18.1 Å². The Morgan fingerprint density at radius 2 is 2.00 bits per heavy atom. The van der Waals surface area contributed by atoms with Gasteiger partial charge in [0.25, 0.3) is 0 Å². The van der Waals surface area contributed by atoms with Crippen molar-refractivity contribution >= 4 is 27.2 Å². The summed E-state index contributed by atoms with van der Waals surface area (Å²) in [7, 11) is -3.50. The van der Waals surface area contributed by atoms with Crippen LogP contribution in [0.5, 0.6) is 0 Å². The van der Waals surface area contributed by atoms with E-state index in [1.54, 1.807) is 6.92 Å². The number of halogens is 1. The topological polar surface area (TPSA) is 51.2 Å². The zero-order valence-corrected chi connectivity index (χ0v) is 9.28. The fourth-order valence-corrected chi connectivity index (χ4v) is 2.48. The van der Waals surface area contributed by atoms with Gasteiger partial charge in [-0.2, -0.15) is 0 Å². The van der Waals surface area contributed by atoms with E-state index in [1.165, 1.54) is 0 Å². The van der Waals surface area contributed by atoms with Crippen molar-refractivity contribution in [1.82, 2.24) is 0 Å². The van der Waals surface area contributed by atoms with Gasteiger partial charge in [-0.05, 0) is 19.3 Å². The number of hydrogen-bond acceptors (Lipinski definition) is 3. The molecule has 0 N–H and O–H groups in total. The second-order valence-electron chi connectivity index (χ2n) is 3.49. The highest BCUT2D eigenvalue weighted by atomic mass is 35.5. The number of alkyl halides is 1. The zero-order valence-electron chi connectivity index (χ0n) is 7.71. The van der Waals surface area contributed by atoms with Gasteiger partial charge in [-0.25, -0.2) is 8.42 Å². The van der Waals surface area contributed by atoms with Crippen molar-refractivity contribution in [2.24, 2.45) is 5.92 Å². The van der Waals surface area contributed by atoms with Gasteiger partial charge < -0.3 is 0 Å². The van der Waals surface area contributed by atoms with Crippen LogP contribution in [-0.2, 0) is 14.6 Å². The average molecular weight is 225 g/mol. The molecule has 0 aromatic heterocycles. The maximum atomic E-state index is 11.6. The molecule has 0 aliphatic heterocycles. The Bertz CT molecular complexity index is 318. The van der Waals surface area contributed by atoms with Crippen molar-refractivity contribution in [3.05, 3.63) is 0 Å². The predicted octanol–water partition coefficient (Wildman–Crippen LogP) is 1.36. The zero-order chi connectivity index (χ0) is 10.3. The van der Waals surface area contributed by atoms with E-state index in [0.29, 0.717) is 0 Å². The lowest BCUT2D eigenvalue weighted by molar-refractivity contribution is -0.120. The van der Waals surface area contributed by atoms with Crippen LogP contribution in [-0.4, -0.2) is 24.7 Å². The molecule has 3 nitrogen and oxygen atoms in total. The van der Waals surface area contributed by atoms with Gasteiger partial charge in [0.1, 0.15) is 0 Å². The lowest BCUT2D eigenvalue weighted by Gasteiger charge is -2.21. The van der Waals surface area contributed by atoms with E-state index in [9.17, 15) is 13.2 Å². The summed E-state index contributed by atoms with van der Waals surface area (Å²) in [6.07, 6.45) is 2.72. The van der Waals surface area contributed by atoms with Crippen molar-refractivity contribution in [2.45, 2.75) is 30.4 Å². The fourth-order valence-electron chi connectivity index (χ4n) is 1.27. The summed E-state index contributed by atoms with van der Waals surface area (Å²) < 4.78 is 20.9. The van der Waals surface area contributed by atoms with E-state index in [1.807, 2.05) is 0 Å². The molecule has 0 aromatic carbocycles. The van der Waals surface area contributed by atoms with Crippen LogP contribution in [0.1, 0.15) is 26.2 Å². The minimum atomic E-state index is -3.50. The monoisotopic (exact) mass is 224 g/mol. The lowest BCUT2D eigenvalue weighted by atomic mass is 10.1. The molecule has 0 unspecified atom stereocenters. The van der Waals surface area contributed by atoms with Gasteiger partial charge in [-0.1, -0.05) is 18.5 Å². The highest BCUT2D eigenvalue weighted by Crippen LogP contribution is 2.40. The highest BCUT2D eigenvalue weighted by molar-refractivity contribution is 7.94. The largest absolute Gasteiger partial charge is 0.296 e. The molecule has 1 atom stereocenters. The summed E-state index contributed by atoms with van der Waals surface area (Å²) in [6, 6.07) is 0. The first-order chi connectivity index (χ1) is 5.83. The normalized spacial score (nSPS) is 22.4. The molecular weight excluding hydrogens is 212 g/mol. The molecule has 0 radical (unpaired) electrons. The minimum Gasteiger partial charge on any atom is -0.296 e. The summed E-state index contributed by atoms with van der Waals surface area (Å²) in [6.45, 7) is 1.62. The van der Waals surface area contributed by atoms with Gasteiger partial charge in [0.05, 0.1) is 0 Å². The number of ketones is 1. The van der Waals surface area contributed by atoms with Gasteiger partial charge in [-0.15, -0.1) is 0 Å². The number of Topliss-reactive ketones (excluding diaryl/α,β-unsaturated/α-hetero) is 1. The summed E-state index contributed by atoms with van der Waals surface area (Å²) in [5.41, 5.74) is 0. The van der Waals surface area contributed by atoms with Gasteiger partial charge >= 0.3 is 0 Å². The molecule has 0 amide bonds. The van der Waals surface area contributed by atoms with Crippen LogP contribution in [0.3, 0.4) is 0 Å². The second kappa shape index (κ2) is 3.24. The van der Waals surface area contributed by atoms with E-state index >= 15 is 0 Å². The molecule has 1 fully saturated rings. The van der Waals surface area contributed by atoms with E-state index < -0.39 is 14.0 Å². The van der Waals surface area contributed by atoms with Crippen LogP contribution in [0.15, 0.2) is 0 Å². The standard InChI is InChI=1S/C8H13ClO3S/c1-3-8(9,13(2,11)12)7(10)6-4-5-6/h6H,3-5H2,1-2H3/t8-/m0/s1. The van der Waals surface area contributed by atoms with Crippen LogP contribution < -0.4 is 0 Å². The summed E-state index contributed by atoms with van der Waals surface area (Å²) in [5.74, 6) is -0.439.